The van der Waals surface area contributed by atoms with Crippen LogP contribution in [0.4, 0.5) is 0 Å². The van der Waals surface area contributed by atoms with Crippen LogP contribution in [0.15, 0.2) is 40.9 Å². The van der Waals surface area contributed by atoms with E-state index < -0.39 is 5.24 Å². The Hall–Kier alpha value is -0.790. The summed E-state index contributed by atoms with van der Waals surface area (Å²) in [6.45, 7) is 0.403. The fraction of sp³-hybridized carbons (Fsp3) is 0.133. The molecular weight excluding hydrogens is 470 g/mol. The van der Waals surface area contributed by atoms with E-state index in [4.69, 9.17) is 21.1 Å². The van der Waals surface area contributed by atoms with Crippen LogP contribution < -0.4 is 9.47 Å². The van der Waals surface area contributed by atoms with Crippen molar-refractivity contribution in [3.05, 3.63) is 55.6 Å². The van der Waals surface area contributed by atoms with Crippen LogP contribution in [-0.4, -0.2) is 12.4 Å². The monoisotopic (exact) mass is 480 g/mol. The number of hydrogen-bond donors (Lipinski definition) is 0. The van der Waals surface area contributed by atoms with Crippen LogP contribution in [0.1, 0.15) is 15.9 Å². The quantitative estimate of drug-likeness (QED) is 0.445. The van der Waals surface area contributed by atoms with E-state index in [-0.39, 0.29) is 0 Å². The zero-order valence-corrected chi connectivity index (χ0v) is 15.5. The van der Waals surface area contributed by atoms with Gasteiger partial charge in [0.05, 0.1) is 10.7 Å². The van der Waals surface area contributed by atoms with Crippen molar-refractivity contribution in [2.24, 2.45) is 0 Å². The summed E-state index contributed by atoms with van der Waals surface area (Å²) in [6.07, 6.45) is 0. The van der Waals surface area contributed by atoms with Crippen LogP contribution in [0.25, 0.3) is 0 Å². The Morgan fingerprint density at radius 1 is 1.33 bits per heavy atom. The van der Waals surface area contributed by atoms with Crippen molar-refractivity contribution in [2.75, 3.05) is 7.11 Å². The molecule has 21 heavy (non-hydrogen) atoms. The highest BCUT2D eigenvalue weighted by Crippen LogP contribution is 2.35. The third kappa shape index (κ3) is 4.34. The topological polar surface area (TPSA) is 35.5 Å². The Morgan fingerprint density at radius 3 is 2.71 bits per heavy atom. The van der Waals surface area contributed by atoms with E-state index in [1.165, 1.54) is 7.11 Å². The van der Waals surface area contributed by atoms with Crippen molar-refractivity contribution >= 4 is 55.4 Å². The molecule has 0 amide bonds. The van der Waals surface area contributed by atoms with Crippen LogP contribution in [-0.2, 0) is 6.61 Å². The second-order valence-electron chi connectivity index (χ2n) is 4.18. The zero-order chi connectivity index (χ0) is 15.4. The van der Waals surface area contributed by atoms with E-state index in [0.717, 1.165) is 13.6 Å². The first-order chi connectivity index (χ1) is 10.0. The van der Waals surface area contributed by atoms with Gasteiger partial charge in [-0.05, 0) is 64.0 Å². The molecule has 0 aliphatic rings. The van der Waals surface area contributed by atoms with Gasteiger partial charge in [0, 0.05) is 10.0 Å². The van der Waals surface area contributed by atoms with E-state index in [1.54, 1.807) is 12.1 Å². The van der Waals surface area contributed by atoms with Crippen molar-refractivity contribution in [3.63, 3.8) is 0 Å². The van der Waals surface area contributed by atoms with E-state index in [1.807, 2.05) is 24.3 Å². The second-order valence-corrected chi connectivity index (χ2v) is 6.60. The molecular formula is C15H11BrClIO3. The van der Waals surface area contributed by atoms with Crippen molar-refractivity contribution in [1.29, 1.82) is 0 Å². The van der Waals surface area contributed by atoms with Crippen LogP contribution in [0.5, 0.6) is 11.5 Å². The molecule has 3 nitrogen and oxygen atoms in total. The lowest BCUT2D eigenvalue weighted by Crippen LogP contribution is -2.01. The van der Waals surface area contributed by atoms with E-state index in [2.05, 4.69) is 38.5 Å². The molecule has 0 saturated carbocycles. The lowest BCUT2D eigenvalue weighted by Gasteiger charge is -2.13. The maximum Gasteiger partial charge on any atom is 0.252 e. The highest BCUT2D eigenvalue weighted by Gasteiger charge is 2.14. The summed E-state index contributed by atoms with van der Waals surface area (Å²) in [6, 6.07) is 11.1. The summed E-state index contributed by atoms with van der Waals surface area (Å²) in [5.74, 6) is 1.08. The molecule has 2 aromatic carbocycles. The SMILES string of the molecule is COc1cc(C(=O)Cl)cc(I)c1OCc1cccc(Br)c1. The van der Waals surface area contributed by atoms with Gasteiger partial charge in [-0.15, -0.1) is 0 Å². The van der Waals surface area contributed by atoms with Gasteiger partial charge in [0.1, 0.15) is 6.61 Å². The van der Waals surface area contributed by atoms with Gasteiger partial charge in [0.25, 0.3) is 5.24 Å². The fourth-order valence-corrected chi connectivity index (χ4v) is 3.07. The molecule has 0 unspecified atom stereocenters. The van der Waals surface area contributed by atoms with E-state index in [9.17, 15) is 4.79 Å². The molecule has 0 heterocycles. The Bertz CT molecular complexity index is 676. The number of ether oxygens (including phenoxy) is 2. The van der Waals surface area contributed by atoms with Crippen molar-refractivity contribution in [3.8, 4) is 11.5 Å². The zero-order valence-electron chi connectivity index (χ0n) is 11.0. The standard InChI is InChI=1S/C15H11BrClIO3/c1-20-13-7-10(15(17)19)6-12(18)14(13)21-8-9-3-2-4-11(16)5-9/h2-7H,8H2,1H3. The predicted octanol–water partition coefficient (Wildman–Crippen LogP) is 5.02. The summed E-state index contributed by atoms with van der Waals surface area (Å²) in [4.78, 5) is 11.3. The van der Waals surface area contributed by atoms with Gasteiger partial charge >= 0.3 is 0 Å². The molecule has 6 heteroatoms. The lowest BCUT2D eigenvalue weighted by atomic mass is 10.2. The molecule has 0 N–H and O–H groups in total. The molecule has 0 spiro atoms. The Morgan fingerprint density at radius 2 is 2.10 bits per heavy atom. The van der Waals surface area contributed by atoms with Gasteiger partial charge in [-0.2, -0.15) is 0 Å². The largest absolute Gasteiger partial charge is 0.493 e. The molecule has 0 fully saturated rings. The molecule has 0 aliphatic heterocycles. The number of rotatable bonds is 5. The number of hydrogen-bond acceptors (Lipinski definition) is 3. The number of carbonyl (C=O) groups is 1. The maximum atomic E-state index is 11.3. The van der Waals surface area contributed by atoms with Gasteiger partial charge in [0.15, 0.2) is 11.5 Å². The van der Waals surface area contributed by atoms with E-state index >= 15 is 0 Å². The smallest absolute Gasteiger partial charge is 0.252 e. The first-order valence-corrected chi connectivity index (χ1v) is 8.21. The van der Waals surface area contributed by atoms with Crippen LogP contribution in [0.3, 0.4) is 0 Å². The van der Waals surface area contributed by atoms with Gasteiger partial charge in [-0.25, -0.2) is 0 Å². The number of benzene rings is 2. The molecule has 2 rings (SSSR count). The lowest BCUT2D eigenvalue weighted by molar-refractivity contribution is 0.108. The molecule has 0 aromatic heterocycles. The van der Waals surface area contributed by atoms with E-state index in [0.29, 0.717) is 23.7 Å². The first-order valence-electron chi connectivity index (χ1n) is 5.96. The van der Waals surface area contributed by atoms with Crippen molar-refractivity contribution in [1.82, 2.24) is 0 Å². The Labute approximate surface area is 149 Å². The minimum absolute atomic E-state index is 0.382. The van der Waals surface area contributed by atoms with Crippen LogP contribution in [0, 0.1) is 3.57 Å². The number of carbonyl (C=O) groups excluding carboxylic acids is 1. The molecule has 0 bridgehead atoms. The minimum atomic E-state index is -0.523. The second kappa shape index (κ2) is 7.47. The fourth-order valence-electron chi connectivity index (χ4n) is 1.76. The molecule has 0 saturated heterocycles. The maximum absolute atomic E-state index is 11.3. The molecule has 0 radical (unpaired) electrons. The van der Waals surface area contributed by atoms with Crippen LogP contribution in [0.2, 0.25) is 0 Å². The average Bonchev–Trinajstić information content (AvgIpc) is 2.45. The summed E-state index contributed by atoms with van der Waals surface area (Å²) in [5, 5.41) is -0.523. The third-order valence-corrected chi connectivity index (χ3v) is 4.24. The molecule has 0 aliphatic carbocycles. The van der Waals surface area contributed by atoms with Crippen molar-refractivity contribution < 1.29 is 14.3 Å². The minimum Gasteiger partial charge on any atom is -0.493 e. The number of methoxy groups -OCH3 is 1. The van der Waals surface area contributed by atoms with Gasteiger partial charge < -0.3 is 9.47 Å². The Balaban J connectivity index is 2.25. The highest BCUT2D eigenvalue weighted by molar-refractivity contribution is 14.1. The first kappa shape index (κ1) is 16.6. The summed E-state index contributed by atoms with van der Waals surface area (Å²) in [5.41, 5.74) is 1.41. The normalized spacial score (nSPS) is 10.3. The molecule has 0 atom stereocenters. The summed E-state index contributed by atoms with van der Waals surface area (Å²) < 4.78 is 12.9. The van der Waals surface area contributed by atoms with Crippen LogP contribution >= 0.6 is 50.1 Å². The molecule has 110 valence electrons. The third-order valence-electron chi connectivity index (χ3n) is 2.73. The van der Waals surface area contributed by atoms with Gasteiger partial charge in [-0.1, -0.05) is 28.1 Å². The van der Waals surface area contributed by atoms with Gasteiger partial charge in [0.2, 0.25) is 0 Å². The Kier molecular flexibility index (Phi) is 5.89. The molecule has 2 aromatic rings. The summed E-state index contributed by atoms with van der Waals surface area (Å²) >= 11 is 11.0. The highest BCUT2D eigenvalue weighted by atomic mass is 127. The van der Waals surface area contributed by atoms with Gasteiger partial charge in [-0.3, -0.25) is 4.79 Å². The predicted molar refractivity (Wildman–Crippen MR) is 94.4 cm³/mol. The average molecular weight is 482 g/mol. The number of halogens is 3. The van der Waals surface area contributed by atoms with Crippen molar-refractivity contribution in [2.45, 2.75) is 6.61 Å². The summed E-state index contributed by atoms with van der Waals surface area (Å²) in [7, 11) is 1.53.